The molecular formula is C19H28N6O3S2. The quantitative estimate of drug-likeness (QED) is 0.613. The number of thioether (sulfide) groups is 1. The van der Waals surface area contributed by atoms with Crippen LogP contribution in [0.25, 0.3) is 0 Å². The van der Waals surface area contributed by atoms with Gasteiger partial charge in [-0.05, 0) is 47.4 Å². The number of benzene rings is 1. The maximum Gasteiger partial charge on any atom is 0.243 e. The Morgan fingerprint density at radius 2 is 1.93 bits per heavy atom. The molecule has 1 amide bonds. The molecule has 0 saturated carbocycles. The average Bonchev–Trinajstić information content (AvgIpc) is 2.95. The fourth-order valence-electron chi connectivity index (χ4n) is 3.25. The molecule has 1 aliphatic rings. The van der Waals surface area contributed by atoms with Gasteiger partial charge in [0, 0.05) is 25.3 Å². The van der Waals surface area contributed by atoms with E-state index in [0.29, 0.717) is 36.4 Å². The molecule has 0 bridgehead atoms. The van der Waals surface area contributed by atoms with Gasteiger partial charge in [0.05, 0.1) is 10.6 Å². The lowest BCUT2D eigenvalue weighted by atomic mass is 10.2. The molecule has 1 aromatic heterocycles. The highest BCUT2D eigenvalue weighted by atomic mass is 32.2. The summed E-state index contributed by atoms with van der Waals surface area (Å²) in [5.41, 5.74) is 0.457. The van der Waals surface area contributed by atoms with E-state index in [0.717, 1.165) is 25.7 Å². The molecule has 2 heterocycles. The van der Waals surface area contributed by atoms with Gasteiger partial charge in [-0.2, -0.15) is 4.31 Å². The highest BCUT2D eigenvalue weighted by Crippen LogP contribution is 2.23. The maximum absolute atomic E-state index is 13.0. The Morgan fingerprint density at radius 3 is 2.63 bits per heavy atom. The van der Waals surface area contributed by atoms with E-state index in [4.69, 9.17) is 0 Å². The highest BCUT2D eigenvalue weighted by Gasteiger charge is 2.25. The third kappa shape index (κ3) is 6.02. The number of hydrogen-bond donors (Lipinski definition) is 1. The minimum atomic E-state index is -3.56. The summed E-state index contributed by atoms with van der Waals surface area (Å²) < 4.78 is 29.2. The zero-order valence-corrected chi connectivity index (χ0v) is 19.0. The van der Waals surface area contributed by atoms with E-state index < -0.39 is 10.0 Å². The molecule has 9 nitrogen and oxygen atoms in total. The number of nitrogens with one attached hydrogen (secondary N) is 1. The second-order valence-electron chi connectivity index (χ2n) is 7.72. The van der Waals surface area contributed by atoms with Gasteiger partial charge >= 0.3 is 0 Å². The van der Waals surface area contributed by atoms with Crippen molar-refractivity contribution >= 4 is 33.4 Å². The molecule has 1 aromatic carbocycles. The first kappa shape index (κ1) is 22.7. The number of amides is 1. The van der Waals surface area contributed by atoms with E-state index >= 15 is 0 Å². The van der Waals surface area contributed by atoms with Crippen LogP contribution in [0.5, 0.6) is 0 Å². The molecule has 2 aromatic rings. The monoisotopic (exact) mass is 452 g/mol. The lowest BCUT2D eigenvalue weighted by Crippen LogP contribution is -2.32. The van der Waals surface area contributed by atoms with Gasteiger partial charge in [0.25, 0.3) is 0 Å². The van der Waals surface area contributed by atoms with Crippen molar-refractivity contribution in [2.24, 2.45) is 5.92 Å². The second-order valence-corrected chi connectivity index (χ2v) is 10.6. The Morgan fingerprint density at radius 1 is 1.20 bits per heavy atom. The van der Waals surface area contributed by atoms with Crippen LogP contribution in [-0.2, 0) is 21.4 Å². The molecule has 0 radical (unpaired) electrons. The van der Waals surface area contributed by atoms with Gasteiger partial charge in [0.2, 0.25) is 21.1 Å². The molecule has 0 atom stereocenters. The van der Waals surface area contributed by atoms with E-state index in [2.05, 4.69) is 34.7 Å². The molecular weight excluding hydrogens is 424 g/mol. The van der Waals surface area contributed by atoms with Gasteiger partial charge in [-0.1, -0.05) is 44.5 Å². The molecule has 1 N–H and O–H groups in total. The number of carbonyl (C=O) groups is 1. The molecule has 0 spiro atoms. The van der Waals surface area contributed by atoms with Crippen molar-refractivity contribution in [2.45, 2.75) is 56.1 Å². The molecule has 1 aliphatic heterocycles. The Kier molecular flexibility index (Phi) is 7.84. The van der Waals surface area contributed by atoms with Gasteiger partial charge in [-0.25, -0.2) is 13.1 Å². The summed E-state index contributed by atoms with van der Waals surface area (Å²) in [6, 6.07) is 6.43. The smallest absolute Gasteiger partial charge is 0.243 e. The van der Waals surface area contributed by atoms with Crippen molar-refractivity contribution in [3.63, 3.8) is 0 Å². The third-order valence-electron chi connectivity index (χ3n) is 4.69. The van der Waals surface area contributed by atoms with E-state index in [1.807, 2.05) is 0 Å². The Bertz CT molecular complexity index is 953. The van der Waals surface area contributed by atoms with E-state index in [1.165, 1.54) is 17.8 Å². The second kappa shape index (κ2) is 10.4. The lowest BCUT2D eigenvalue weighted by Gasteiger charge is -2.20. The fraction of sp³-hybridized carbons (Fsp3) is 0.579. The van der Waals surface area contributed by atoms with Crippen LogP contribution in [0.1, 0.15) is 39.5 Å². The van der Waals surface area contributed by atoms with Crippen LogP contribution in [0.15, 0.2) is 34.3 Å². The van der Waals surface area contributed by atoms with Gasteiger partial charge in [0.15, 0.2) is 0 Å². The molecule has 11 heteroatoms. The number of aromatic nitrogens is 4. The van der Waals surface area contributed by atoms with Gasteiger partial charge in [-0.15, -0.1) is 5.10 Å². The summed E-state index contributed by atoms with van der Waals surface area (Å²) in [6.07, 6.45) is 3.87. The van der Waals surface area contributed by atoms with Crippen LogP contribution in [0.2, 0.25) is 0 Å². The zero-order valence-electron chi connectivity index (χ0n) is 17.3. The summed E-state index contributed by atoms with van der Waals surface area (Å²) >= 11 is 1.25. The van der Waals surface area contributed by atoms with Crippen LogP contribution in [0.4, 0.5) is 5.69 Å². The average molecular weight is 453 g/mol. The molecule has 30 heavy (non-hydrogen) atoms. The van der Waals surface area contributed by atoms with E-state index in [-0.39, 0.29) is 16.6 Å². The van der Waals surface area contributed by atoms with E-state index in [1.54, 1.807) is 27.2 Å². The molecule has 0 unspecified atom stereocenters. The molecule has 1 fully saturated rings. The zero-order chi connectivity index (χ0) is 21.6. The van der Waals surface area contributed by atoms with Crippen molar-refractivity contribution in [1.29, 1.82) is 0 Å². The minimum Gasteiger partial charge on any atom is -0.325 e. The first-order valence-corrected chi connectivity index (χ1v) is 12.6. The number of nitrogens with zero attached hydrogens (tertiary/aromatic N) is 5. The number of rotatable bonds is 8. The number of anilines is 1. The van der Waals surface area contributed by atoms with Crippen LogP contribution in [0.3, 0.4) is 0 Å². The lowest BCUT2D eigenvalue weighted by molar-refractivity contribution is -0.113. The van der Waals surface area contributed by atoms with Crippen molar-refractivity contribution in [3.8, 4) is 0 Å². The van der Waals surface area contributed by atoms with Gasteiger partial charge in [-0.3, -0.25) is 4.79 Å². The number of tetrazole rings is 1. The minimum absolute atomic E-state index is 0.127. The summed E-state index contributed by atoms with van der Waals surface area (Å²) in [6.45, 7) is 5.89. The molecule has 1 saturated heterocycles. The van der Waals surface area contributed by atoms with Crippen LogP contribution in [0, 0.1) is 5.92 Å². The Hall–Kier alpha value is -1.98. The fourth-order valence-corrected chi connectivity index (χ4v) is 5.50. The summed E-state index contributed by atoms with van der Waals surface area (Å²) in [5.74, 6) is 0.265. The van der Waals surface area contributed by atoms with Crippen molar-refractivity contribution in [3.05, 3.63) is 24.3 Å². The largest absolute Gasteiger partial charge is 0.325 e. The Balaban J connectivity index is 1.62. The summed E-state index contributed by atoms with van der Waals surface area (Å²) in [7, 11) is -3.56. The molecule has 0 aliphatic carbocycles. The molecule has 164 valence electrons. The van der Waals surface area contributed by atoms with Crippen LogP contribution >= 0.6 is 11.8 Å². The predicted molar refractivity (Wildman–Crippen MR) is 116 cm³/mol. The van der Waals surface area contributed by atoms with Crippen LogP contribution in [-0.4, -0.2) is 57.7 Å². The highest BCUT2D eigenvalue weighted by molar-refractivity contribution is 7.99. The predicted octanol–water partition coefficient (Wildman–Crippen LogP) is 2.62. The topological polar surface area (TPSA) is 110 Å². The number of carbonyl (C=O) groups excluding carboxylic acids is 1. The maximum atomic E-state index is 13.0. The number of hydrogen-bond acceptors (Lipinski definition) is 7. The summed E-state index contributed by atoms with van der Waals surface area (Å²) in [4.78, 5) is 12.6. The first-order chi connectivity index (χ1) is 14.4. The normalized spacial score (nSPS) is 15.8. The Labute approximate surface area is 181 Å². The standard InChI is InChI=1S/C19H28N6O3S2/c1-15(2)13-25-19(21-22-23-25)29-14-18(26)20-16-8-7-9-17(12-16)30(27,28)24-10-5-3-4-6-11-24/h7-9,12,15H,3-6,10-11,13-14H2,1-2H3,(H,20,26). The number of sulfonamides is 1. The van der Waals surface area contributed by atoms with Gasteiger partial charge < -0.3 is 5.32 Å². The van der Waals surface area contributed by atoms with Crippen molar-refractivity contribution in [2.75, 3.05) is 24.2 Å². The SMILES string of the molecule is CC(C)Cn1nnnc1SCC(=O)Nc1cccc(S(=O)(=O)N2CCCCCC2)c1. The molecule has 3 rings (SSSR count). The van der Waals surface area contributed by atoms with Crippen molar-refractivity contribution in [1.82, 2.24) is 24.5 Å². The first-order valence-electron chi connectivity index (χ1n) is 10.2. The third-order valence-corrected chi connectivity index (χ3v) is 7.54. The summed E-state index contributed by atoms with van der Waals surface area (Å²) in [5, 5.41) is 14.9. The van der Waals surface area contributed by atoms with Crippen molar-refractivity contribution < 1.29 is 13.2 Å². The van der Waals surface area contributed by atoms with Crippen LogP contribution < -0.4 is 5.32 Å². The van der Waals surface area contributed by atoms with Gasteiger partial charge in [0.1, 0.15) is 0 Å². The van der Waals surface area contributed by atoms with E-state index in [9.17, 15) is 13.2 Å².